The van der Waals surface area contributed by atoms with Crippen molar-refractivity contribution in [1.82, 2.24) is 10.3 Å². The Morgan fingerprint density at radius 2 is 2.00 bits per heavy atom. The summed E-state index contributed by atoms with van der Waals surface area (Å²) < 4.78 is 0. The van der Waals surface area contributed by atoms with Gasteiger partial charge >= 0.3 is 0 Å². The number of carbonyl (C=O) groups excluding carboxylic acids is 1. The van der Waals surface area contributed by atoms with Gasteiger partial charge in [-0.05, 0) is 25.0 Å². The van der Waals surface area contributed by atoms with Crippen molar-refractivity contribution in [2.75, 3.05) is 0 Å². The minimum Gasteiger partial charge on any atom is -0.364 e. The summed E-state index contributed by atoms with van der Waals surface area (Å²) in [5.74, 6) is -0.357. The third kappa shape index (κ3) is 3.10. The predicted octanol–water partition coefficient (Wildman–Crippen LogP) is 1.92. The molecule has 2 rings (SSSR count). The molecule has 0 saturated carbocycles. The van der Waals surface area contributed by atoms with Gasteiger partial charge in [0.2, 0.25) is 0 Å². The van der Waals surface area contributed by atoms with Crippen LogP contribution in [0.25, 0.3) is 0 Å². The van der Waals surface area contributed by atoms with E-state index in [9.17, 15) is 9.59 Å². The van der Waals surface area contributed by atoms with Crippen molar-refractivity contribution in [2.24, 2.45) is 0 Å². The highest BCUT2D eigenvalue weighted by atomic mass is 16.2. The molecular weight excluding hydrogens is 240 g/mol. The Bertz CT molecular complexity index is 659. The van der Waals surface area contributed by atoms with Gasteiger partial charge in [0.15, 0.2) is 5.43 Å². The van der Waals surface area contributed by atoms with Gasteiger partial charge in [-0.25, -0.2) is 0 Å². The monoisotopic (exact) mass is 256 g/mol. The second-order valence-electron chi connectivity index (χ2n) is 4.50. The minimum absolute atomic E-state index is 0.138. The second kappa shape index (κ2) is 5.52. The Morgan fingerprint density at radius 1 is 1.26 bits per heavy atom. The average Bonchev–Trinajstić information content (AvgIpc) is 2.37. The lowest BCUT2D eigenvalue weighted by Gasteiger charge is -2.07. The molecule has 1 amide bonds. The average molecular weight is 256 g/mol. The molecule has 0 radical (unpaired) electrons. The molecule has 2 N–H and O–H groups in total. The van der Waals surface area contributed by atoms with E-state index in [1.165, 1.54) is 12.3 Å². The summed E-state index contributed by atoms with van der Waals surface area (Å²) in [5.41, 5.74) is 2.76. The van der Waals surface area contributed by atoms with Crippen molar-refractivity contribution in [3.05, 3.63) is 69.1 Å². The molecule has 0 aliphatic rings. The van der Waals surface area contributed by atoms with Crippen LogP contribution in [0.15, 0.2) is 41.3 Å². The molecule has 2 aromatic rings. The zero-order valence-corrected chi connectivity index (χ0v) is 11.0. The molecular formula is C15H16N2O2. The topological polar surface area (TPSA) is 62.0 Å². The van der Waals surface area contributed by atoms with E-state index < -0.39 is 0 Å². The van der Waals surface area contributed by atoms with Crippen LogP contribution >= 0.6 is 0 Å². The molecule has 1 heterocycles. The van der Waals surface area contributed by atoms with E-state index in [1.54, 1.807) is 6.92 Å². The number of hydrogen-bond donors (Lipinski definition) is 2. The van der Waals surface area contributed by atoms with E-state index in [0.29, 0.717) is 6.54 Å². The Labute approximate surface area is 111 Å². The summed E-state index contributed by atoms with van der Waals surface area (Å²) in [6, 6.07) is 9.23. The number of H-pyrrole nitrogens is 1. The van der Waals surface area contributed by atoms with Gasteiger partial charge in [0.25, 0.3) is 5.91 Å². The largest absolute Gasteiger partial charge is 0.364 e. The summed E-state index contributed by atoms with van der Waals surface area (Å²) in [5, 5.41) is 2.76. The Morgan fingerprint density at radius 3 is 2.68 bits per heavy atom. The third-order valence-electron chi connectivity index (χ3n) is 3.00. The third-order valence-corrected chi connectivity index (χ3v) is 3.00. The molecule has 1 aromatic heterocycles. The number of pyridine rings is 1. The normalized spacial score (nSPS) is 10.2. The fourth-order valence-corrected chi connectivity index (χ4v) is 1.83. The first-order valence-corrected chi connectivity index (χ1v) is 6.10. The maximum Gasteiger partial charge on any atom is 0.257 e. The van der Waals surface area contributed by atoms with E-state index in [1.807, 2.05) is 31.2 Å². The molecule has 4 heteroatoms. The maximum absolute atomic E-state index is 11.9. The number of carbonyl (C=O) groups is 1. The lowest BCUT2D eigenvalue weighted by Crippen LogP contribution is -2.28. The molecule has 0 aliphatic carbocycles. The highest BCUT2D eigenvalue weighted by Gasteiger charge is 2.10. The number of aromatic amines is 1. The van der Waals surface area contributed by atoms with Crippen molar-refractivity contribution < 1.29 is 4.79 Å². The highest BCUT2D eigenvalue weighted by molar-refractivity contribution is 5.93. The lowest BCUT2D eigenvalue weighted by atomic mass is 10.1. The van der Waals surface area contributed by atoms with Crippen LogP contribution in [0.5, 0.6) is 0 Å². The molecule has 0 fully saturated rings. The van der Waals surface area contributed by atoms with Crippen LogP contribution < -0.4 is 10.7 Å². The van der Waals surface area contributed by atoms with Crippen molar-refractivity contribution in [3.8, 4) is 0 Å². The second-order valence-corrected chi connectivity index (χ2v) is 4.50. The van der Waals surface area contributed by atoms with E-state index in [0.717, 1.165) is 16.8 Å². The minimum atomic E-state index is -0.357. The molecule has 0 atom stereocenters. The highest BCUT2D eigenvalue weighted by Crippen LogP contribution is 2.06. The van der Waals surface area contributed by atoms with Crippen LogP contribution in [0, 0.1) is 13.8 Å². The summed E-state index contributed by atoms with van der Waals surface area (Å²) in [6.07, 6.45) is 1.45. The van der Waals surface area contributed by atoms with E-state index in [2.05, 4.69) is 10.3 Å². The summed E-state index contributed by atoms with van der Waals surface area (Å²) in [4.78, 5) is 26.5. The molecule has 4 nitrogen and oxygen atoms in total. The van der Waals surface area contributed by atoms with Crippen molar-refractivity contribution in [3.63, 3.8) is 0 Å². The smallest absolute Gasteiger partial charge is 0.257 e. The van der Waals surface area contributed by atoms with Crippen molar-refractivity contribution in [1.29, 1.82) is 0 Å². The molecule has 0 aliphatic heterocycles. The molecule has 0 saturated heterocycles. The fraction of sp³-hybridized carbons (Fsp3) is 0.200. The molecule has 98 valence electrons. The molecule has 0 unspecified atom stereocenters. The number of benzene rings is 1. The lowest BCUT2D eigenvalue weighted by molar-refractivity contribution is 0.0949. The zero-order valence-electron chi connectivity index (χ0n) is 11.0. The standard InChI is InChI=1S/C15H16N2O2/c1-10-5-3-4-6-12(10)8-17-15(19)13-9-16-11(2)7-14(13)18/h3-7,9H,8H2,1-2H3,(H,16,18)(H,17,19). The number of aryl methyl sites for hydroxylation is 2. The number of rotatable bonds is 3. The number of hydrogen-bond acceptors (Lipinski definition) is 2. The SMILES string of the molecule is Cc1cc(=O)c(C(=O)NCc2ccccc2C)c[nH]1. The van der Waals surface area contributed by atoms with E-state index in [-0.39, 0.29) is 16.9 Å². The fourth-order valence-electron chi connectivity index (χ4n) is 1.83. The maximum atomic E-state index is 11.9. The number of amides is 1. The van der Waals surface area contributed by atoms with Crippen LogP contribution in [0.3, 0.4) is 0 Å². The van der Waals surface area contributed by atoms with Gasteiger partial charge in [-0.2, -0.15) is 0 Å². The van der Waals surface area contributed by atoms with Crippen LogP contribution in [0.2, 0.25) is 0 Å². The first-order chi connectivity index (χ1) is 9.08. The molecule has 19 heavy (non-hydrogen) atoms. The van der Waals surface area contributed by atoms with Crippen LogP contribution in [-0.2, 0) is 6.54 Å². The number of aromatic nitrogens is 1. The number of nitrogens with one attached hydrogen (secondary N) is 2. The quantitative estimate of drug-likeness (QED) is 0.881. The van der Waals surface area contributed by atoms with E-state index >= 15 is 0 Å². The van der Waals surface area contributed by atoms with Gasteiger partial charge in [-0.15, -0.1) is 0 Å². The first-order valence-electron chi connectivity index (χ1n) is 6.10. The van der Waals surface area contributed by atoms with Gasteiger partial charge in [0.05, 0.1) is 0 Å². The van der Waals surface area contributed by atoms with Gasteiger partial charge in [0.1, 0.15) is 5.56 Å². The van der Waals surface area contributed by atoms with E-state index in [4.69, 9.17) is 0 Å². The van der Waals surface area contributed by atoms with Gasteiger partial charge in [-0.1, -0.05) is 24.3 Å². The van der Waals surface area contributed by atoms with Crippen LogP contribution in [-0.4, -0.2) is 10.9 Å². The molecule has 1 aromatic carbocycles. The molecule has 0 bridgehead atoms. The zero-order chi connectivity index (χ0) is 13.8. The summed E-state index contributed by atoms with van der Waals surface area (Å²) >= 11 is 0. The Balaban J connectivity index is 2.10. The van der Waals surface area contributed by atoms with Crippen molar-refractivity contribution >= 4 is 5.91 Å². The Hall–Kier alpha value is -2.36. The molecule has 0 spiro atoms. The summed E-state index contributed by atoms with van der Waals surface area (Å²) in [7, 11) is 0. The van der Waals surface area contributed by atoms with Gasteiger partial charge in [0, 0.05) is 24.5 Å². The van der Waals surface area contributed by atoms with Gasteiger partial charge < -0.3 is 10.3 Å². The first kappa shape index (κ1) is 13.1. The van der Waals surface area contributed by atoms with Crippen molar-refractivity contribution in [2.45, 2.75) is 20.4 Å². The Kier molecular flexibility index (Phi) is 3.80. The predicted molar refractivity (Wildman–Crippen MR) is 74.1 cm³/mol. The summed E-state index contributed by atoms with van der Waals surface area (Å²) in [6.45, 7) is 4.18. The van der Waals surface area contributed by atoms with Gasteiger partial charge in [-0.3, -0.25) is 9.59 Å². The van der Waals surface area contributed by atoms with Crippen LogP contribution in [0.1, 0.15) is 27.2 Å². The van der Waals surface area contributed by atoms with Crippen LogP contribution in [0.4, 0.5) is 0 Å².